The quantitative estimate of drug-likeness (QED) is 0.596. The minimum Gasteiger partial charge on any atom is -0.477 e. The van der Waals surface area contributed by atoms with E-state index in [1.165, 1.54) is 6.26 Å². The summed E-state index contributed by atoms with van der Waals surface area (Å²) in [5.74, 6) is -5.68. The van der Waals surface area contributed by atoms with Crippen molar-refractivity contribution in [3.05, 3.63) is 0 Å². The zero-order valence-corrected chi connectivity index (χ0v) is 7.87. The zero-order chi connectivity index (χ0) is 10.5. The Labute approximate surface area is 76.8 Å². The molecule has 0 aliphatic rings. The molecule has 0 saturated carbocycles. The van der Waals surface area contributed by atoms with Gasteiger partial charge in [-0.15, -0.1) is 0 Å². The molecule has 0 aromatic rings. The highest BCUT2D eigenvalue weighted by Crippen LogP contribution is 2.10. The van der Waals surface area contributed by atoms with Crippen molar-refractivity contribution < 1.29 is 22.9 Å². The Bertz CT molecular complexity index is 210. The maximum Gasteiger partial charge on any atom is 0.375 e. The van der Waals surface area contributed by atoms with Crippen molar-refractivity contribution in [2.45, 2.75) is 5.92 Å². The molecule has 78 valence electrons. The number of aliphatic carboxylic acids is 1. The summed E-state index contributed by atoms with van der Waals surface area (Å²) in [4.78, 5) is 9.90. The Kier molecular flexibility index (Phi) is 5.01. The number of hydrogen-bond donors (Lipinski definition) is 2. The average molecular weight is 215 g/mol. The minimum atomic E-state index is -3.75. The molecule has 0 spiro atoms. The lowest BCUT2D eigenvalue weighted by atomic mass is 10.3. The number of alkyl halides is 2. The maximum absolute atomic E-state index is 12.3. The van der Waals surface area contributed by atoms with Gasteiger partial charge in [-0.1, -0.05) is 0 Å². The third-order valence-corrected chi connectivity index (χ3v) is 2.01. The molecule has 1 atom stereocenters. The first-order valence-electron chi connectivity index (χ1n) is 3.48. The molecular formula is C6H11F2NO3S. The lowest BCUT2D eigenvalue weighted by molar-refractivity contribution is -0.163. The molecule has 4 nitrogen and oxygen atoms in total. The minimum absolute atomic E-state index is 0.117. The summed E-state index contributed by atoms with van der Waals surface area (Å²) < 4.78 is 35.1. The topological polar surface area (TPSA) is 66.4 Å². The van der Waals surface area contributed by atoms with Crippen molar-refractivity contribution in [3.8, 4) is 0 Å². The first kappa shape index (κ1) is 12.4. The predicted molar refractivity (Wildman–Crippen MR) is 44.4 cm³/mol. The van der Waals surface area contributed by atoms with Crippen LogP contribution in [0.5, 0.6) is 0 Å². The SMILES string of the molecule is CS(=O)CCNCC(F)(F)C(=O)O. The van der Waals surface area contributed by atoms with Crippen LogP contribution in [0.25, 0.3) is 0 Å². The number of nitrogens with one attached hydrogen (secondary N) is 1. The Balaban J connectivity index is 3.64. The fraction of sp³-hybridized carbons (Fsp3) is 0.833. The van der Waals surface area contributed by atoms with Crippen LogP contribution in [0.1, 0.15) is 0 Å². The van der Waals surface area contributed by atoms with Crippen LogP contribution in [-0.4, -0.2) is 46.3 Å². The van der Waals surface area contributed by atoms with E-state index in [2.05, 4.69) is 5.32 Å². The molecule has 0 radical (unpaired) electrons. The molecule has 0 aromatic heterocycles. The molecular weight excluding hydrogens is 204 g/mol. The lowest BCUT2D eigenvalue weighted by Gasteiger charge is -2.11. The van der Waals surface area contributed by atoms with Gasteiger partial charge in [-0.05, 0) is 0 Å². The molecule has 0 aliphatic carbocycles. The van der Waals surface area contributed by atoms with E-state index in [1.807, 2.05) is 0 Å². The van der Waals surface area contributed by atoms with E-state index < -0.39 is 29.2 Å². The molecule has 1 unspecified atom stereocenters. The molecule has 7 heteroatoms. The zero-order valence-electron chi connectivity index (χ0n) is 7.05. The third-order valence-electron chi connectivity index (χ3n) is 1.23. The highest BCUT2D eigenvalue weighted by atomic mass is 32.2. The summed E-state index contributed by atoms with van der Waals surface area (Å²) in [5, 5.41) is 10.2. The largest absolute Gasteiger partial charge is 0.477 e. The van der Waals surface area contributed by atoms with Gasteiger partial charge in [-0.2, -0.15) is 8.78 Å². The summed E-state index contributed by atoms with van der Waals surface area (Å²) in [6.07, 6.45) is 1.44. The van der Waals surface area contributed by atoms with Gasteiger partial charge in [0.25, 0.3) is 0 Å². The fourth-order valence-corrected chi connectivity index (χ4v) is 0.969. The van der Waals surface area contributed by atoms with Crippen LogP contribution in [0.2, 0.25) is 0 Å². The second kappa shape index (κ2) is 5.23. The Morgan fingerprint density at radius 2 is 2.15 bits per heavy atom. The third kappa shape index (κ3) is 5.64. The highest BCUT2D eigenvalue weighted by molar-refractivity contribution is 7.84. The van der Waals surface area contributed by atoms with Gasteiger partial charge in [-0.25, -0.2) is 4.79 Å². The molecule has 0 aliphatic heterocycles. The van der Waals surface area contributed by atoms with Crippen molar-refractivity contribution in [3.63, 3.8) is 0 Å². The highest BCUT2D eigenvalue weighted by Gasteiger charge is 2.37. The van der Waals surface area contributed by atoms with Crippen LogP contribution >= 0.6 is 0 Å². The van der Waals surface area contributed by atoms with Crippen LogP contribution in [0, 0.1) is 0 Å². The van der Waals surface area contributed by atoms with E-state index in [-0.39, 0.29) is 12.3 Å². The van der Waals surface area contributed by atoms with Gasteiger partial charge < -0.3 is 10.4 Å². The van der Waals surface area contributed by atoms with E-state index in [0.29, 0.717) is 0 Å². The van der Waals surface area contributed by atoms with Crippen LogP contribution in [0.4, 0.5) is 8.78 Å². The first-order chi connectivity index (χ1) is 5.86. The Hall–Kier alpha value is -0.560. The fourth-order valence-electron chi connectivity index (χ4n) is 0.537. The molecule has 0 bridgehead atoms. The van der Waals surface area contributed by atoms with Gasteiger partial charge in [-0.3, -0.25) is 4.21 Å². The Morgan fingerprint density at radius 1 is 1.62 bits per heavy atom. The van der Waals surface area contributed by atoms with Crippen LogP contribution < -0.4 is 5.32 Å². The molecule has 0 aromatic carbocycles. The van der Waals surface area contributed by atoms with Gasteiger partial charge >= 0.3 is 11.9 Å². The van der Waals surface area contributed by atoms with Crippen molar-refractivity contribution in [1.29, 1.82) is 0 Å². The first-order valence-corrected chi connectivity index (χ1v) is 5.21. The van der Waals surface area contributed by atoms with E-state index >= 15 is 0 Å². The van der Waals surface area contributed by atoms with Crippen molar-refractivity contribution in [1.82, 2.24) is 5.32 Å². The molecule has 0 heterocycles. The number of carbonyl (C=O) groups is 1. The second-order valence-corrected chi connectivity index (χ2v) is 4.02. The molecule has 2 N–H and O–H groups in total. The number of rotatable bonds is 6. The van der Waals surface area contributed by atoms with E-state index in [9.17, 15) is 17.8 Å². The van der Waals surface area contributed by atoms with Gasteiger partial charge in [0.2, 0.25) is 0 Å². The lowest BCUT2D eigenvalue weighted by Crippen LogP contribution is -2.40. The second-order valence-electron chi connectivity index (χ2n) is 2.46. The van der Waals surface area contributed by atoms with Gasteiger partial charge in [0, 0.05) is 29.4 Å². The van der Waals surface area contributed by atoms with Crippen LogP contribution in [0.15, 0.2) is 0 Å². The summed E-state index contributed by atoms with van der Waals surface area (Å²) in [7, 11) is -1.06. The standard InChI is InChI=1S/C6H11F2NO3S/c1-13(12)3-2-9-4-6(7,8)5(10)11/h9H,2-4H2,1H3,(H,10,11). The number of carboxylic acid groups (broad SMARTS) is 1. The number of carboxylic acids is 1. The van der Waals surface area contributed by atoms with Gasteiger partial charge in [0.15, 0.2) is 0 Å². The molecule has 0 amide bonds. The van der Waals surface area contributed by atoms with Crippen LogP contribution in [-0.2, 0) is 15.6 Å². The number of halogens is 2. The summed E-state index contributed by atoms with van der Waals surface area (Å²) in [6.45, 7) is -0.814. The smallest absolute Gasteiger partial charge is 0.375 e. The van der Waals surface area contributed by atoms with Gasteiger partial charge in [0.05, 0.1) is 6.54 Å². The van der Waals surface area contributed by atoms with Crippen LogP contribution in [0.3, 0.4) is 0 Å². The molecule has 13 heavy (non-hydrogen) atoms. The van der Waals surface area contributed by atoms with E-state index in [1.54, 1.807) is 0 Å². The van der Waals surface area contributed by atoms with Gasteiger partial charge in [0.1, 0.15) is 0 Å². The van der Waals surface area contributed by atoms with Crippen molar-refractivity contribution >= 4 is 16.8 Å². The average Bonchev–Trinajstić information content (AvgIpc) is 1.97. The predicted octanol–water partition coefficient (Wildman–Crippen LogP) is -0.326. The summed E-state index contributed by atoms with van der Waals surface area (Å²) in [5.41, 5.74) is 0. The Morgan fingerprint density at radius 3 is 2.54 bits per heavy atom. The maximum atomic E-state index is 12.3. The monoisotopic (exact) mass is 215 g/mol. The molecule has 0 fully saturated rings. The summed E-state index contributed by atoms with van der Waals surface area (Å²) >= 11 is 0. The normalized spacial score (nSPS) is 14.1. The number of hydrogen-bond acceptors (Lipinski definition) is 3. The van der Waals surface area contributed by atoms with Crippen molar-refractivity contribution in [2.75, 3.05) is 25.1 Å². The molecule has 0 saturated heterocycles. The summed E-state index contributed by atoms with van der Waals surface area (Å²) in [6, 6.07) is 0. The van der Waals surface area contributed by atoms with E-state index in [0.717, 1.165) is 0 Å². The molecule has 0 rings (SSSR count). The van der Waals surface area contributed by atoms with Crippen molar-refractivity contribution in [2.24, 2.45) is 0 Å². The van der Waals surface area contributed by atoms with E-state index in [4.69, 9.17) is 5.11 Å².